The minimum Gasteiger partial charge on any atom is -0.307 e. The fourth-order valence-corrected chi connectivity index (χ4v) is 7.59. The highest BCUT2D eigenvalue weighted by Gasteiger charge is 2.23. The van der Waals surface area contributed by atoms with E-state index in [1.54, 1.807) is 0 Å². The highest BCUT2D eigenvalue weighted by Crippen LogP contribution is 2.42. The van der Waals surface area contributed by atoms with Gasteiger partial charge in [-0.15, -0.1) is 0 Å². The van der Waals surface area contributed by atoms with Gasteiger partial charge in [0.15, 0.2) is 23.2 Å². The number of rotatable bonds is 5. The molecule has 0 amide bonds. The third kappa shape index (κ3) is 4.85. The Morgan fingerprint density at radius 1 is 0.481 bits per heavy atom. The average molecular weight is 690 g/mol. The Morgan fingerprint density at radius 2 is 0.981 bits per heavy atom. The molecule has 7 nitrogen and oxygen atoms in total. The Hall–Kier alpha value is -7.87. The minimum atomic E-state index is 0.485. The maximum Gasteiger partial charge on any atom is 0.187 e. The van der Waals surface area contributed by atoms with E-state index < -0.39 is 0 Å². The van der Waals surface area contributed by atoms with Crippen LogP contribution in [0.3, 0.4) is 0 Å². The molecule has 0 N–H and O–H groups in total. The van der Waals surface area contributed by atoms with Gasteiger partial charge in [-0.25, -0.2) is 19.8 Å². The zero-order valence-electron chi connectivity index (χ0n) is 28.7. The lowest BCUT2D eigenvalue weighted by Crippen LogP contribution is -2.03. The fourth-order valence-electron chi connectivity index (χ4n) is 7.59. The number of hydrogen-bond acceptors (Lipinski definition) is 4. The van der Waals surface area contributed by atoms with E-state index in [9.17, 15) is 5.26 Å². The van der Waals surface area contributed by atoms with E-state index in [0.29, 0.717) is 34.3 Å². The highest BCUT2D eigenvalue weighted by molar-refractivity contribution is 6.23. The van der Waals surface area contributed by atoms with Gasteiger partial charge in [0.05, 0.1) is 39.9 Å². The van der Waals surface area contributed by atoms with Crippen LogP contribution in [0.5, 0.6) is 0 Å². The predicted molar refractivity (Wildman–Crippen MR) is 216 cm³/mol. The summed E-state index contributed by atoms with van der Waals surface area (Å²) in [6.45, 7) is 7.53. The van der Waals surface area contributed by atoms with Crippen LogP contribution >= 0.6 is 0 Å². The Balaban J connectivity index is 1.25. The van der Waals surface area contributed by atoms with Gasteiger partial charge in [0.1, 0.15) is 6.07 Å². The van der Waals surface area contributed by atoms with Crippen LogP contribution in [0.25, 0.3) is 94.0 Å². The first kappa shape index (κ1) is 30.9. The summed E-state index contributed by atoms with van der Waals surface area (Å²) in [5, 5.41) is 15.2. The third-order valence-electron chi connectivity index (χ3n) is 10.0. The largest absolute Gasteiger partial charge is 0.307 e. The number of aromatic nitrogens is 5. The summed E-state index contributed by atoms with van der Waals surface area (Å²) in [4.78, 5) is 18.3. The lowest BCUT2D eigenvalue weighted by Gasteiger charge is -2.14. The van der Waals surface area contributed by atoms with Crippen molar-refractivity contribution in [3.05, 3.63) is 181 Å². The highest BCUT2D eigenvalue weighted by atomic mass is 15.1. The zero-order valence-corrected chi connectivity index (χ0v) is 28.7. The number of nitrogens with zero attached hydrogens (tertiary/aromatic N) is 7. The second-order valence-corrected chi connectivity index (χ2v) is 13.1. The van der Waals surface area contributed by atoms with Gasteiger partial charge in [-0.1, -0.05) is 121 Å². The molecule has 3 aromatic heterocycles. The molecule has 0 aliphatic heterocycles. The summed E-state index contributed by atoms with van der Waals surface area (Å²) in [6, 6.07) is 57.0. The van der Waals surface area contributed by atoms with Crippen molar-refractivity contribution in [2.24, 2.45) is 0 Å². The zero-order chi connectivity index (χ0) is 36.2. The first-order chi connectivity index (χ1) is 26.7. The molecule has 0 aliphatic rings. The molecule has 7 heteroatoms. The van der Waals surface area contributed by atoms with Crippen molar-refractivity contribution in [2.75, 3.05) is 0 Å². The Bertz CT molecular complexity index is 3110. The predicted octanol–water partition coefficient (Wildman–Crippen LogP) is 11.5. The van der Waals surface area contributed by atoms with Crippen LogP contribution in [-0.4, -0.2) is 24.1 Å². The van der Waals surface area contributed by atoms with Crippen LogP contribution in [0, 0.1) is 17.9 Å². The summed E-state index contributed by atoms with van der Waals surface area (Å²) in [5.74, 6) is 1.60. The van der Waals surface area contributed by atoms with Crippen LogP contribution in [0.4, 0.5) is 5.69 Å². The van der Waals surface area contributed by atoms with Gasteiger partial charge in [0, 0.05) is 43.9 Å². The molecule has 250 valence electrons. The van der Waals surface area contributed by atoms with E-state index in [1.807, 2.05) is 109 Å². The first-order valence-corrected chi connectivity index (χ1v) is 17.6. The van der Waals surface area contributed by atoms with E-state index in [-0.39, 0.29) is 0 Å². The lowest BCUT2D eigenvalue weighted by atomic mass is 10.1. The molecule has 10 rings (SSSR count). The van der Waals surface area contributed by atoms with Gasteiger partial charge in [-0.2, -0.15) is 5.26 Å². The quantitative estimate of drug-likeness (QED) is 0.169. The molecule has 3 heterocycles. The van der Waals surface area contributed by atoms with Gasteiger partial charge in [-0.05, 0) is 42.5 Å². The molecule has 7 aromatic carbocycles. The van der Waals surface area contributed by atoms with Crippen LogP contribution in [0.2, 0.25) is 0 Å². The molecule has 0 bridgehead atoms. The second-order valence-electron chi connectivity index (χ2n) is 13.1. The lowest BCUT2D eigenvalue weighted by molar-refractivity contribution is 1.07. The summed E-state index contributed by atoms with van der Waals surface area (Å²) < 4.78 is 4.49. The standard InChI is InChI=1S/C47H27N7/c1-49-34-21-23-35(24-22-34)53-41-18-10-8-16-36(41)38-25-26-39-37-17-9-11-19-42(37)54(44(39)43(38)53)40-27-20-32(28-33(40)29-48)47-51-45(30-12-4-2-5-13-30)50-46(52-47)31-14-6-3-7-15-31/h2-28H. The minimum absolute atomic E-state index is 0.485. The van der Waals surface area contributed by atoms with E-state index in [4.69, 9.17) is 21.5 Å². The Morgan fingerprint density at radius 3 is 1.54 bits per heavy atom. The number of hydrogen-bond donors (Lipinski definition) is 0. The second kappa shape index (κ2) is 12.4. The monoisotopic (exact) mass is 689 g/mol. The number of nitriles is 1. The Labute approximate surface area is 310 Å². The van der Waals surface area contributed by atoms with Crippen molar-refractivity contribution in [1.29, 1.82) is 5.26 Å². The molecule has 0 aliphatic carbocycles. The van der Waals surface area contributed by atoms with E-state index in [0.717, 1.165) is 66.1 Å². The van der Waals surface area contributed by atoms with Crippen LogP contribution in [0.15, 0.2) is 164 Å². The SMILES string of the molecule is [C-]#[N+]c1ccc(-n2c3ccccc3c3ccc4c5ccccc5n(-c5ccc(-c6nc(-c7ccccc7)nc(-c7ccccc7)n6)cc5C#N)c4c32)cc1. The smallest absolute Gasteiger partial charge is 0.187 e. The maximum absolute atomic E-state index is 10.9. The molecule has 0 spiro atoms. The van der Waals surface area contributed by atoms with E-state index in [1.165, 1.54) is 0 Å². The molecular formula is C47H27N7. The number of benzene rings is 7. The van der Waals surface area contributed by atoms with Crippen molar-refractivity contribution >= 4 is 49.3 Å². The summed E-state index contributed by atoms with van der Waals surface area (Å²) in [6.07, 6.45) is 0. The van der Waals surface area contributed by atoms with Crippen molar-refractivity contribution < 1.29 is 0 Å². The number of para-hydroxylation sites is 2. The molecule has 0 atom stereocenters. The van der Waals surface area contributed by atoms with Crippen LogP contribution in [-0.2, 0) is 0 Å². The summed E-state index contributed by atoms with van der Waals surface area (Å²) >= 11 is 0. The van der Waals surface area contributed by atoms with Crippen LogP contribution < -0.4 is 0 Å². The van der Waals surface area contributed by atoms with E-state index in [2.05, 4.69) is 74.6 Å². The molecule has 54 heavy (non-hydrogen) atoms. The van der Waals surface area contributed by atoms with Gasteiger partial charge in [0.2, 0.25) is 0 Å². The third-order valence-corrected chi connectivity index (χ3v) is 10.0. The van der Waals surface area contributed by atoms with Crippen molar-refractivity contribution in [2.45, 2.75) is 0 Å². The average Bonchev–Trinajstić information content (AvgIpc) is 3.77. The van der Waals surface area contributed by atoms with Gasteiger partial charge in [0.25, 0.3) is 0 Å². The summed E-state index contributed by atoms with van der Waals surface area (Å²) in [5.41, 5.74) is 9.30. The van der Waals surface area contributed by atoms with Crippen LogP contribution in [0.1, 0.15) is 5.56 Å². The molecule has 0 fully saturated rings. The van der Waals surface area contributed by atoms with Gasteiger partial charge >= 0.3 is 0 Å². The van der Waals surface area contributed by atoms with Crippen molar-refractivity contribution in [3.8, 4) is 51.6 Å². The normalized spacial score (nSPS) is 11.3. The van der Waals surface area contributed by atoms with Gasteiger partial charge < -0.3 is 9.13 Å². The van der Waals surface area contributed by atoms with Gasteiger partial charge in [-0.3, -0.25) is 0 Å². The summed E-state index contributed by atoms with van der Waals surface area (Å²) in [7, 11) is 0. The maximum atomic E-state index is 10.9. The molecule has 0 radical (unpaired) electrons. The fraction of sp³-hybridized carbons (Fsp3) is 0. The molecular weight excluding hydrogens is 663 g/mol. The van der Waals surface area contributed by atoms with Crippen molar-refractivity contribution in [3.63, 3.8) is 0 Å². The molecule has 0 saturated heterocycles. The van der Waals surface area contributed by atoms with E-state index >= 15 is 0 Å². The van der Waals surface area contributed by atoms with Crippen molar-refractivity contribution in [1.82, 2.24) is 24.1 Å². The number of fused-ring (bicyclic) bond motifs is 7. The molecule has 10 aromatic rings. The first-order valence-electron chi connectivity index (χ1n) is 17.6. The Kier molecular flexibility index (Phi) is 7.11. The topological polar surface area (TPSA) is 76.7 Å². The molecule has 0 unspecified atom stereocenters. The molecule has 0 saturated carbocycles.